The summed E-state index contributed by atoms with van der Waals surface area (Å²) in [5, 5.41) is 0. The number of carbonyl (C=O) groups excluding carboxylic acids is 1. The summed E-state index contributed by atoms with van der Waals surface area (Å²) in [4.78, 5) is 12.4. The van der Waals surface area contributed by atoms with Crippen LogP contribution in [-0.2, 0) is 4.79 Å². The molecule has 2 aliphatic rings. The highest BCUT2D eigenvalue weighted by Crippen LogP contribution is 2.41. The molecule has 0 aromatic rings. The maximum Gasteiger partial charge on any atom is 0.136 e. The number of hydrogen-bond donors (Lipinski definition) is 0. The lowest BCUT2D eigenvalue weighted by atomic mass is 9.68. The van der Waals surface area contributed by atoms with Crippen molar-refractivity contribution in [3.8, 4) is 0 Å². The van der Waals surface area contributed by atoms with E-state index in [1.165, 1.54) is 70.6 Å². The van der Waals surface area contributed by atoms with Crippen LogP contribution in [0.5, 0.6) is 0 Å². The molecule has 2 rings (SSSR count). The fourth-order valence-electron chi connectivity index (χ4n) is 4.52. The van der Waals surface area contributed by atoms with Gasteiger partial charge in [0.1, 0.15) is 5.78 Å². The third-order valence-electron chi connectivity index (χ3n) is 6.10. The van der Waals surface area contributed by atoms with E-state index in [9.17, 15) is 4.79 Å². The first-order chi connectivity index (χ1) is 9.74. The van der Waals surface area contributed by atoms with E-state index in [0.717, 1.165) is 24.2 Å². The second-order valence-electron chi connectivity index (χ2n) is 7.39. The van der Waals surface area contributed by atoms with Crippen LogP contribution in [0.2, 0.25) is 0 Å². The maximum absolute atomic E-state index is 12.4. The number of carbonyl (C=O) groups is 1. The number of hydrogen-bond acceptors (Lipinski definition) is 1. The van der Waals surface area contributed by atoms with E-state index < -0.39 is 0 Å². The Kier molecular flexibility index (Phi) is 6.58. The molecule has 0 aromatic carbocycles. The Bertz CT molecular complexity index is 288. The normalized spacial score (nSPS) is 35.2. The van der Waals surface area contributed by atoms with Gasteiger partial charge in [0.15, 0.2) is 0 Å². The summed E-state index contributed by atoms with van der Waals surface area (Å²) < 4.78 is 0. The molecule has 0 radical (unpaired) electrons. The van der Waals surface area contributed by atoms with Crippen LogP contribution < -0.4 is 0 Å². The topological polar surface area (TPSA) is 17.1 Å². The number of rotatable bonds is 6. The molecule has 2 saturated carbocycles. The Labute approximate surface area is 125 Å². The van der Waals surface area contributed by atoms with Gasteiger partial charge < -0.3 is 0 Å². The van der Waals surface area contributed by atoms with E-state index in [1.807, 2.05) is 0 Å². The van der Waals surface area contributed by atoms with Gasteiger partial charge in [-0.1, -0.05) is 52.4 Å². The van der Waals surface area contributed by atoms with Crippen LogP contribution in [0, 0.1) is 23.7 Å². The molecule has 0 aromatic heterocycles. The zero-order valence-corrected chi connectivity index (χ0v) is 13.7. The van der Waals surface area contributed by atoms with Gasteiger partial charge in [0.25, 0.3) is 0 Å². The number of ketones is 1. The molecular formula is C19H34O. The largest absolute Gasteiger partial charge is 0.299 e. The molecule has 20 heavy (non-hydrogen) atoms. The van der Waals surface area contributed by atoms with E-state index in [-0.39, 0.29) is 0 Å². The SMILES string of the molecule is CCCCCC1CCC([C@H]2CC[C@H](CC)CC2)CC1=O. The van der Waals surface area contributed by atoms with Crippen molar-refractivity contribution >= 4 is 5.78 Å². The molecule has 0 aliphatic heterocycles. The first-order valence-corrected chi connectivity index (χ1v) is 9.27. The summed E-state index contributed by atoms with van der Waals surface area (Å²) in [6, 6.07) is 0. The van der Waals surface area contributed by atoms with Crippen LogP contribution in [0.4, 0.5) is 0 Å². The third-order valence-corrected chi connectivity index (χ3v) is 6.10. The Morgan fingerprint density at radius 2 is 1.60 bits per heavy atom. The minimum atomic E-state index is 0.421. The molecule has 0 bridgehead atoms. The fraction of sp³-hybridized carbons (Fsp3) is 0.947. The van der Waals surface area contributed by atoms with Crippen molar-refractivity contribution in [2.45, 2.75) is 90.9 Å². The summed E-state index contributed by atoms with van der Waals surface area (Å²) in [5.74, 6) is 3.62. The minimum absolute atomic E-state index is 0.421. The smallest absolute Gasteiger partial charge is 0.136 e. The molecule has 2 unspecified atom stereocenters. The summed E-state index contributed by atoms with van der Waals surface area (Å²) in [6.45, 7) is 4.57. The van der Waals surface area contributed by atoms with Crippen LogP contribution in [0.1, 0.15) is 90.9 Å². The Morgan fingerprint density at radius 1 is 0.900 bits per heavy atom. The van der Waals surface area contributed by atoms with Gasteiger partial charge in [-0.15, -0.1) is 0 Å². The van der Waals surface area contributed by atoms with Gasteiger partial charge in [0.2, 0.25) is 0 Å². The van der Waals surface area contributed by atoms with E-state index >= 15 is 0 Å². The monoisotopic (exact) mass is 278 g/mol. The van der Waals surface area contributed by atoms with Crippen molar-refractivity contribution < 1.29 is 4.79 Å². The average Bonchev–Trinajstić information content (AvgIpc) is 2.49. The molecule has 0 amide bonds. The van der Waals surface area contributed by atoms with Crippen LogP contribution >= 0.6 is 0 Å². The van der Waals surface area contributed by atoms with Crippen molar-refractivity contribution in [3.05, 3.63) is 0 Å². The third kappa shape index (κ3) is 4.33. The summed E-state index contributed by atoms with van der Waals surface area (Å²) in [5.41, 5.74) is 0. The van der Waals surface area contributed by atoms with Crippen molar-refractivity contribution in [1.82, 2.24) is 0 Å². The van der Waals surface area contributed by atoms with Crippen molar-refractivity contribution in [1.29, 1.82) is 0 Å². The Hall–Kier alpha value is -0.330. The molecule has 2 fully saturated rings. The fourth-order valence-corrected chi connectivity index (χ4v) is 4.52. The van der Waals surface area contributed by atoms with Gasteiger partial charge in [-0.2, -0.15) is 0 Å². The molecule has 0 heterocycles. The molecule has 0 saturated heterocycles. The lowest BCUT2D eigenvalue weighted by molar-refractivity contribution is -0.127. The lowest BCUT2D eigenvalue weighted by Gasteiger charge is -2.37. The minimum Gasteiger partial charge on any atom is -0.299 e. The van der Waals surface area contributed by atoms with Crippen LogP contribution in [-0.4, -0.2) is 5.78 Å². The Balaban J connectivity index is 1.73. The Morgan fingerprint density at radius 3 is 2.20 bits per heavy atom. The van der Waals surface area contributed by atoms with Crippen molar-refractivity contribution in [2.24, 2.45) is 23.7 Å². The molecular weight excluding hydrogens is 244 g/mol. The predicted octanol–water partition coefficient (Wildman–Crippen LogP) is 5.77. The van der Waals surface area contributed by atoms with Gasteiger partial charge in [0, 0.05) is 12.3 Å². The average molecular weight is 278 g/mol. The maximum atomic E-state index is 12.4. The van der Waals surface area contributed by atoms with Crippen molar-refractivity contribution in [3.63, 3.8) is 0 Å². The summed E-state index contributed by atoms with van der Waals surface area (Å²) in [7, 11) is 0. The number of unbranched alkanes of at least 4 members (excludes halogenated alkanes) is 2. The van der Waals surface area contributed by atoms with Gasteiger partial charge in [-0.3, -0.25) is 4.79 Å². The second-order valence-corrected chi connectivity index (χ2v) is 7.39. The molecule has 0 spiro atoms. The molecule has 1 nitrogen and oxygen atoms in total. The van der Waals surface area contributed by atoms with Gasteiger partial charge in [0.05, 0.1) is 0 Å². The van der Waals surface area contributed by atoms with E-state index in [4.69, 9.17) is 0 Å². The van der Waals surface area contributed by atoms with Gasteiger partial charge in [-0.25, -0.2) is 0 Å². The van der Waals surface area contributed by atoms with Crippen LogP contribution in [0.25, 0.3) is 0 Å². The molecule has 0 N–H and O–H groups in total. The van der Waals surface area contributed by atoms with Gasteiger partial charge >= 0.3 is 0 Å². The molecule has 2 aliphatic carbocycles. The summed E-state index contributed by atoms with van der Waals surface area (Å²) >= 11 is 0. The molecule has 1 heteroatoms. The van der Waals surface area contributed by atoms with E-state index in [0.29, 0.717) is 11.7 Å². The van der Waals surface area contributed by atoms with E-state index in [2.05, 4.69) is 13.8 Å². The quantitative estimate of drug-likeness (QED) is 0.564. The summed E-state index contributed by atoms with van der Waals surface area (Å²) in [6.07, 6.45) is 15.4. The van der Waals surface area contributed by atoms with Crippen LogP contribution in [0.3, 0.4) is 0 Å². The van der Waals surface area contributed by atoms with Crippen molar-refractivity contribution in [2.75, 3.05) is 0 Å². The number of Topliss-reactive ketones (excluding diaryl/α,β-unsaturated/α-hetero) is 1. The highest BCUT2D eigenvalue weighted by molar-refractivity contribution is 5.81. The zero-order chi connectivity index (χ0) is 14.4. The standard InChI is InChI=1S/C19H34O/c1-3-5-6-7-17-12-13-18(14-19(17)20)16-10-8-15(4-2)9-11-16/h15-18H,3-14H2,1-2H3/t15-,16-,17?,18?. The highest BCUT2D eigenvalue weighted by Gasteiger charge is 2.34. The van der Waals surface area contributed by atoms with Gasteiger partial charge in [-0.05, 0) is 49.9 Å². The zero-order valence-electron chi connectivity index (χ0n) is 13.7. The first-order valence-electron chi connectivity index (χ1n) is 9.27. The van der Waals surface area contributed by atoms with E-state index in [1.54, 1.807) is 0 Å². The highest BCUT2D eigenvalue weighted by atomic mass is 16.1. The predicted molar refractivity (Wildman–Crippen MR) is 85.7 cm³/mol. The second kappa shape index (κ2) is 8.20. The van der Waals surface area contributed by atoms with Crippen LogP contribution in [0.15, 0.2) is 0 Å². The molecule has 2 atom stereocenters. The lowest BCUT2D eigenvalue weighted by Crippen LogP contribution is -2.31. The first kappa shape index (κ1) is 16.0. The molecule has 116 valence electrons.